The van der Waals surface area contributed by atoms with Gasteiger partial charge in [0.25, 0.3) is 5.91 Å². The predicted octanol–water partition coefficient (Wildman–Crippen LogP) is 2.29. The van der Waals surface area contributed by atoms with Gasteiger partial charge in [0.05, 0.1) is 22.4 Å². The van der Waals surface area contributed by atoms with Crippen molar-refractivity contribution in [3.8, 4) is 0 Å². The van der Waals surface area contributed by atoms with Crippen molar-refractivity contribution in [1.82, 2.24) is 9.97 Å². The molecule has 4 rings (SSSR count). The number of carbonyl (C=O) groups excluding carboxylic acids is 1. The Morgan fingerprint density at radius 1 is 1.10 bits per heavy atom. The molecule has 2 aromatic rings. The molecule has 1 unspecified atom stereocenters. The lowest BCUT2D eigenvalue weighted by atomic mass is 10.1. The number of nitrogens with zero attached hydrogens (tertiary/aromatic N) is 2. The molecule has 2 fully saturated rings. The molecule has 1 N–H and O–H groups in total. The number of amides is 1. The summed E-state index contributed by atoms with van der Waals surface area (Å²) in [5.74, 6) is -0.0548. The molecule has 1 aliphatic carbocycles. The van der Waals surface area contributed by atoms with Crippen LogP contribution in [0.25, 0.3) is 0 Å². The second-order valence-corrected chi connectivity index (χ2v) is 9.45. The Kier molecular flexibility index (Phi) is 5.89. The minimum Gasteiger partial charge on any atom is -0.381 e. The van der Waals surface area contributed by atoms with E-state index in [9.17, 15) is 13.2 Å². The first-order valence-corrected chi connectivity index (χ1v) is 11.2. The van der Waals surface area contributed by atoms with Crippen LogP contribution in [-0.2, 0) is 24.1 Å². The van der Waals surface area contributed by atoms with Gasteiger partial charge in [0, 0.05) is 25.6 Å². The minimum atomic E-state index is -3.28. The summed E-state index contributed by atoms with van der Waals surface area (Å²) in [6.07, 6.45) is 6.27. The highest BCUT2D eigenvalue weighted by atomic mass is 32.2. The zero-order valence-corrected chi connectivity index (χ0v) is 16.7. The monoisotopic (exact) mass is 417 g/mol. The molecular formula is C20H23N3O5S. The van der Waals surface area contributed by atoms with Crippen LogP contribution >= 0.6 is 0 Å². The van der Waals surface area contributed by atoms with Crippen molar-refractivity contribution in [3.63, 3.8) is 0 Å². The maximum atomic E-state index is 12.9. The van der Waals surface area contributed by atoms with Crippen molar-refractivity contribution in [2.45, 2.75) is 48.0 Å². The van der Waals surface area contributed by atoms with E-state index in [0.717, 1.165) is 0 Å². The van der Waals surface area contributed by atoms with Crippen LogP contribution in [0.2, 0.25) is 0 Å². The summed E-state index contributed by atoms with van der Waals surface area (Å²) in [4.78, 5) is 21.2. The molecule has 1 saturated heterocycles. The van der Waals surface area contributed by atoms with Crippen LogP contribution in [0.1, 0.15) is 37.4 Å². The van der Waals surface area contributed by atoms with Crippen molar-refractivity contribution < 1.29 is 22.7 Å². The van der Waals surface area contributed by atoms with Gasteiger partial charge in [-0.25, -0.2) is 13.4 Å². The summed E-state index contributed by atoms with van der Waals surface area (Å²) >= 11 is 0. The molecule has 1 aliphatic heterocycles. The summed E-state index contributed by atoms with van der Waals surface area (Å²) in [7, 11) is -3.28. The zero-order valence-electron chi connectivity index (χ0n) is 15.9. The van der Waals surface area contributed by atoms with Gasteiger partial charge in [-0.1, -0.05) is 12.1 Å². The number of hydrogen-bond donors (Lipinski definition) is 1. The molecule has 154 valence electrons. The first-order valence-electron chi connectivity index (χ1n) is 9.68. The van der Waals surface area contributed by atoms with Crippen LogP contribution in [-0.4, -0.2) is 48.9 Å². The summed E-state index contributed by atoms with van der Waals surface area (Å²) in [5, 5.41) is 2.44. The lowest BCUT2D eigenvalue weighted by Gasteiger charge is -2.27. The van der Waals surface area contributed by atoms with Gasteiger partial charge in [-0.3, -0.25) is 9.78 Å². The molecule has 2 heterocycles. The van der Waals surface area contributed by atoms with Crippen molar-refractivity contribution in [3.05, 3.63) is 48.4 Å². The lowest BCUT2D eigenvalue weighted by molar-refractivity contribution is -0.136. The van der Waals surface area contributed by atoms with E-state index >= 15 is 0 Å². The SMILES string of the molecule is O=C(Nc1cnccn1)C(OC1CCOCC1)c1ccc(S(=O)(=O)C2CC2)cc1. The molecule has 9 heteroatoms. The van der Waals surface area contributed by atoms with Crippen molar-refractivity contribution in [1.29, 1.82) is 0 Å². The van der Waals surface area contributed by atoms with Gasteiger partial charge >= 0.3 is 0 Å². The van der Waals surface area contributed by atoms with Crippen LogP contribution in [0.5, 0.6) is 0 Å². The van der Waals surface area contributed by atoms with E-state index in [4.69, 9.17) is 9.47 Å². The van der Waals surface area contributed by atoms with Gasteiger partial charge in [-0.05, 0) is 43.4 Å². The molecule has 1 aromatic carbocycles. The predicted molar refractivity (Wildman–Crippen MR) is 105 cm³/mol. The van der Waals surface area contributed by atoms with E-state index in [0.29, 0.717) is 50.3 Å². The number of sulfone groups is 1. The van der Waals surface area contributed by atoms with Gasteiger partial charge < -0.3 is 14.8 Å². The van der Waals surface area contributed by atoms with E-state index in [1.807, 2.05) is 0 Å². The maximum absolute atomic E-state index is 12.9. The Morgan fingerprint density at radius 3 is 2.45 bits per heavy atom. The second kappa shape index (κ2) is 8.56. The number of carbonyl (C=O) groups is 1. The summed E-state index contributed by atoms with van der Waals surface area (Å²) < 4.78 is 36.3. The van der Waals surface area contributed by atoms with Crippen molar-refractivity contribution in [2.24, 2.45) is 0 Å². The van der Waals surface area contributed by atoms with Gasteiger partial charge in [-0.2, -0.15) is 0 Å². The molecule has 0 bridgehead atoms. The Hall–Kier alpha value is -2.36. The molecule has 8 nitrogen and oxygen atoms in total. The third kappa shape index (κ3) is 4.80. The number of anilines is 1. The number of benzene rings is 1. The molecule has 1 aromatic heterocycles. The highest BCUT2D eigenvalue weighted by Crippen LogP contribution is 2.34. The fourth-order valence-corrected chi connectivity index (χ4v) is 4.91. The van der Waals surface area contributed by atoms with Gasteiger partial charge in [0.2, 0.25) is 0 Å². The highest BCUT2D eigenvalue weighted by Gasteiger charge is 2.37. The summed E-state index contributed by atoms with van der Waals surface area (Å²) in [6.45, 7) is 1.17. The third-order valence-corrected chi connectivity index (χ3v) is 7.30. The first kappa shape index (κ1) is 19.9. The molecule has 0 spiro atoms. The lowest BCUT2D eigenvalue weighted by Crippen LogP contribution is -2.31. The Balaban J connectivity index is 1.56. The maximum Gasteiger partial charge on any atom is 0.259 e. The standard InChI is InChI=1S/C20H23N3O5S/c24-20(23-18-13-21-9-10-22-18)19(28-15-7-11-27-12-8-15)14-1-3-16(4-2-14)29(25,26)17-5-6-17/h1-4,9-10,13,15,17,19H,5-8,11-12H2,(H,22,23,24). The van der Waals surface area contributed by atoms with E-state index in [-0.39, 0.29) is 22.2 Å². The number of ether oxygens (including phenoxy) is 2. The smallest absolute Gasteiger partial charge is 0.259 e. The first-order chi connectivity index (χ1) is 14.0. The van der Waals surface area contributed by atoms with Crippen LogP contribution in [0, 0.1) is 0 Å². The summed E-state index contributed by atoms with van der Waals surface area (Å²) in [6, 6.07) is 6.41. The molecular weight excluding hydrogens is 394 g/mol. The average molecular weight is 417 g/mol. The Bertz CT molecular complexity index is 940. The van der Waals surface area contributed by atoms with Crippen LogP contribution < -0.4 is 5.32 Å². The Labute approximate surface area is 169 Å². The van der Waals surface area contributed by atoms with Gasteiger partial charge in [0.15, 0.2) is 21.8 Å². The van der Waals surface area contributed by atoms with E-state index in [2.05, 4.69) is 15.3 Å². The van der Waals surface area contributed by atoms with Crippen molar-refractivity contribution >= 4 is 21.6 Å². The van der Waals surface area contributed by atoms with Crippen molar-refractivity contribution in [2.75, 3.05) is 18.5 Å². The number of rotatable bonds is 7. The van der Waals surface area contributed by atoms with Crippen LogP contribution in [0.3, 0.4) is 0 Å². The van der Waals surface area contributed by atoms with E-state index in [1.54, 1.807) is 24.3 Å². The average Bonchev–Trinajstić information content (AvgIpc) is 3.60. The minimum absolute atomic E-state index is 0.115. The molecule has 29 heavy (non-hydrogen) atoms. The fraction of sp³-hybridized carbons (Fsp3) is 0.450. The molecule has 1 amide bonds. The molecule has 1 atom stereocenters. The van der Waals surface area contributed by atoms with Crippen LogP contribution in [0.4, 0.5) is 5.82 Å². The van der Waals surface area contributed by atoms with Crippen LogP contribution in [0.15, 0.2) is 47.8 Å². The Morgan fingerprint density at radius 2 is 1.83 bits per heavy atom. The molecule has 0 radical (unpaired) electrons. The quantitative estimate of drug-likeness (QED) is 0.736. The zero-order chi connectivity index (χ0) is 20.3. The van der Waals surface area contributed by atoms with E-state index in [1.165, 1.54) is 18.6 Å². The number of aromatic nitrogens is 2. The van der Waals surface area contributed by atoms with Gasteiger partial charge in [0.1, 0.15) is 0 Å². The second-order valence-electron chi connectivity index (χ2n) is 7.22. The summed E-state index contributed by atoms with van der Waals surface area (Å²) in [5.41, 5.74) is 0.590. The molecule has 2 aliphatic rings. The fourth-order valence-electron chi connectivity index (χ4n) is 3.25. The van der Waals surface area contributed by atoms with Gasteiger partial charge in [-0.15, -0.1) is 0 Å². The third-order valence-electron chi connectivity index (χ3n) is 5.02. The van der Waals surface area contributed by atoms with E-state index < -0.39 is 15.9 Å². The number of hydrogen-bond acceptors (Lipinski definition) is 7. The highest BCUT2D eigenvalue weighted by molar-refractivity contribution is 7.92. The number of nitrogens with one attached hydrogen (secondary N) is 1. The normalized spacial score (nSPS) is 18.9. The topological polar surface area (TPSA) is 107 Å². The molecule has 1 saturated carbocycles. The largest absolute Gasteiger partial charge is 0.381 e.